The van der Waals surface area contributed by atoms with Gasteiger partial charge in [-0.25, -0.2) is 0 Å². The van der Waals surface area contributed by atoms with Gasteiger partial charge in [0.15, 0.2) is 0 Å². The van der Waals surface area contributed by atoms with Crippen LogP contribution in [0.15, 0.2) is 54.7 Å². The van der Waals surface area contributed by atoms with Gasteiger partial charge in [0.25, 0.3) is 0 Å². The highest BCUT2D eigenvalue weighted by Crippen LogP contribution is 2.23. The second-order valence-electron chi connectivity index (χ2n) is 4.44. The Kier molecular flexibility index (Phi) is 3.46. The number of rotatable bonds is 4. The average molecular weight is 265 g/mol. The number of nitrogens with zero attached hydrogens (tertiary/aromatic N) is 2. The minimum absolute atomic E-state index is 0.680. The summed E-state index contributed by atoms with van der Waals surface area (Å²) in [5, 5.41) is 12.6. The number of para-hydroxylation sites is 1. The molecule has 3 rings (SSSR count). The van der Waals surface area contributed by atoms with E-state index in [4.69, 9.17) is 4.74 Å². The fourth-order valence-corrected chi connectivity index (χ4v) is 2.19. The Bertz CT molecular complexity index is 722. The van der Waals surface area contributed by atoms with E-state index in [0.717, 1.165) is 27.9 Å². The second kappa shape index (κ2) is 5.57. The number of fused-ring (bicyclic) bond motifs is 1. The van der Waals surface area contributed by atoms with Crippen LogP contribution in [-0.2, 0) is 6.54 Å². The maximum atomic E-state index is 5.35. The summed E-state index contributed by atoms with van der Waals surface area (Å²) in [4.78, 5) is 0. The van der Waals surface area contributed by atoms with Gasteiger partial charge in [0, 0.05) is 17.5 Å². The first-order valence-electron chi connectivity index (χ1n) is 6.44. The smallest absolute Gasteiger partial charge is 0.123 e. The van der Waals surface area contributed by atoms with E-state index in [1.165, 1.54) is 0 Å². The van der Waals surface area contributed by atoms with Gasteiger partial charge in [-0.2, -0.15) is 10.2 Å². The summed E-state index contributed by atoms with van der Waals surface area (Å²) in [6.45, 7) is 0.680. The molecule has 1 aromatic heterocycles. The average Bonchev–Trinajstić information content (AvgIpc) is 2.53. The number of nitrogens with one attached hydrogen (secondary N) is 1. The van der Waals surface area contributed by atoms with Crippen molar-refractivity contribution in [3.8, 4) is 5.75 Å². The Balaban J connectivity index is 1.87. The molecule has 0 atom stereocenters. The lowest BCUT2D eigenvalue weighted by molar-refractivity contribution is 0.410. The topological polar surface area (TPSA) is 47.0 Å². The van der Waals surface area contributed by atoms with E-state index >= 15 is 0 Å². The Labute approximate surface area is 117 Å². The third-order valence-electron chi connectivity index (χ3n) is 3.21. The highest BCUT2D eigenvalue weighted by atomic mass is 16.5. The molecule has 0 amide bonds. The van der Waals surface area contributed by atoms with Crippen molar-refractivity contribution in [2.45, 2.75) is 6.54 Å². The van der Waals surface area contributed by atoms with Crippen molar-refractivity contribution in [1.29, 1.82) is 0 Å². The molecule has 4 nitrogen and oxygen atoms in total. The third kappa shape index (κ3) is 2.40. The van der Waals surface area contributed by atoms with Crippen molar-refractivity contribution in [2.24, 2.45) is 0 Å². The highest BCUT2D eigenvalue weighted by Gasteiger charge is 2.04. The van der Waals surface area contributed by atoms with Gasteiger partial charge in [-0.15, -0.1) is 0 Å². The quantitative estimate of drug-likeness (QED) is 0.786. The number of benzene rings is 2. The molecule has 0 saturated heterocycles. The van der Waals surface area contributed by atoms with Crippen molar-refractivity contribution >= 4 is 16.6 Å². The van der Waals surface area contributed by atoms with Crippen LogP contribution >= 0.6 is 0 Å². The van der Waals surface area contributed by atoms with Crippen LogP contribution in [0.4, 0.5) is 5.69 Å². The molecule has 2 aromatic carbocycles. The maximum Gasteiger partial charge on any atom is 0.123 e. The molecule has 0 bridgehead atoms. The molecule has 0 aliphatic rings. The molecule has 20 heavy (non-hydrogen) atoms. The lowest BCUT2D eigenvalue weighted by Gasteiger charge is -2.11. The molecule has 0 aliphatic carbocycles. The highest BCUT2D eigenvalue weighted by molar-refractivity contribution is 5.90. The van der Waals surface area contributed by atoms with Crippen LogP contribution in [0.2, 0.25) is 0 Å². The molecule has 1 heterocycles. The van der Waals surface area contributed by atoms with E-state index < -0.39 is 0 Å². The first-order valence-corrected chi connectivity index (χ1v) is 6.44. The summed E-state index contributed by atoms with van der Waals surface area (Å²) in [6, 6.07) is 15.9. The molecule has 3 aromatic rings. The van der Waals surface area contributed by atoms with Gasteiger partial charge in [0.1, 0.15) is 5.75 Å². The number of methoxy groups -OCH3 is 1. The van der Waals surface area contributed by atoms with E-state index in [0.29, 0.717) is 6.54 Å². The van der Waals surface area contributed by atoms with E-state index in [9.17, 15) is 0 Å². The number of anilines is 1. The summed E-state index contributed by atoms with van der Waals surface area (Å²) >= 11 is 0. The first kappa shape index (κ1) is 12.4. The van der Waals surface area contributed by atoms with Gasteiger partial charge in [0.2, 0.25) is 0 Å². The van der Waals surface area contributed by atoms with Crippen LogP contribution in [0.3, 0.4) is 0 Å². The summed E-state index contributed by atoms with van der Waals surface area (Å²) in [6.07, 6.45) is 1.75. The Morgan fingerprint density at radius 2 is 1.85 bits per heavy atom. The summed E-state index contributed by atoms with van der Waals surface area (Å²) < 4.78 is 5.35. The van der Waals surface area contributed by atoms with Crippen LogP contribution in [0.1, 0.15) is 5.56 Å². The van der Waals surface area contributed by atoms with Crippen LogP contribution in [0, 0.1) is 0 Å². The van der Waals surface area contributed by atoms with Crippen LogP contribution < -0.4 is 10.1 Å². The van der Waals surface area contributed by atoms with Gasteiger partial charge in [-0.3, -0.25) is 0 Å². The Morgan fingerprint density at radius 3 is 2.75 bits per heavy atom. The molecule has 4 heteroatoms. The van der Waals surface area contributed by atoms with Gasteiger partial charge in [-0.1, -0.05) is 36.4 Å². The monoisotopic (exact) mass is 265 g/mol. The third-order valence-corrected chi connectivity index (χ3v) is 3.21. The van der Waals surface area contributed by atoms with E-state index in [1.54, 1.807) is 13.3 Å². The molecule has 0 saturated carbocycles. The van der Waals surface area contributed by atoms with E-state index in [-0.39, 0.29) is 0 Å². The molecular formula is C16H15N3O. The fourth-order valence-electron chi connectivity index (χ4n) is 2.19. The van der Waals surface area contributed by atoms with Crippen molar-refractivity contribution in [1.82, 2.24) is 10.2 Å². The largest absolute Gasteiger partial charge is 0.496 e. The summed E-state index contributed by atoms with van der Waals surface area (Å²) in [5.41, 5.74) is 2.97. The standard InChI is InChI=1S/C16H15N3O/c1-20-16-9-5-2-6-12(16)10-17-15-11-18-19-14-8-4-3-7-13(14)15/h2-9,11H,10H2,1H3,(H,17,19). The predicted octanol–water partition coefficient (Wildman–Crippen LogP) is 3.25. The van der Waals surface area contributed by atoms with E-state index in [2.05, 4.69) is 15.5 Å². The van der Waals surface area contributed by atoms with Crippen molar-refractivity contribution < 1.29 is 4.74 Å². The second-order valence-corrected chi connectivity index (χ2v) is 4.44. The minimum Gasteiger partial charge on any atom is -0.496 e. The summed E-state index contributed by atoms with van der Waals surface area (Å²) in [7, 11) is 1.68. The van der Waals surface area contributed by atoms with Gasteiger partial charge in [0.05, 0.1) is 24.5 Å². The molecule has 0 radical (unpaired) electrons. The summed E-state index contributed by atoms with van der Waals surface area (Å²) in [5.74, 6) is 0.881. The lowest BCUT2D eigenvalue weighted by atomic mass is 10.1. The predicted molar refractivity (Wildman–Crippen MR) is 79.9 cm³/mol. The SMILES string of the molecule is COc1ccccc1CNc1cnnc2ccccc12. The molecule has 0 unspecified atom stereocenters. The Hall–Kier alpha value is -2.62. The van der Waals surface area contributed by atoms with Gasteiger partial charge < -0.3 is 10.1 Å². The zero-order valence-corrected chi connectivity index (χ0v) is 11.2. The van der Waals surface area contributed by atoms with Gasteiger partial charge in [-0.05, 0) is 12.1 Å². The van der Waals surface area contributed by atoms with Crippen molar-refractivity contribution in [3.63, 3.8) is 0 Å². The molecule has 0 spiro atoms. The molecular weight excluding hydrogens is 250 g/mol. The minimum atomic E-state index is 0.680. The lowest BCUT2D eigenvalue weighted by Crippen LogP contribution is -2.03. The van der Waals surface area contributed by atoms with Crippen LogP contribution in [0.25, 0.3) is 10.9 Å². The first-order chi connectivity index (χ1) is 9.88. The number of ether oxygens (including phenoxy) is 1. The van der Waals surface area contributed by atoms with Crippen molar-refractivity contribution in [2.75, 3.05) is 12.4 Å². The van der Waals surface area contributed by atoms with Crippen LogP contribution in [0.5, 0.6) is 5.75 Å². The zero-order chi connectivity index (χ0) is 13.8. The molecule has 0 fully saturated rings. The van der Waals surface area contributed by atoms with Crippen molar-refractivity contribution in [3.05, 3.63) is 60.3 Å². The maximum absolute atomic E-state index is 5.35. The fraction of sp³-hybridized carbons (Fsp3) is 0.125. The van der Waals surface area contributed by atoms with Crippen LogP contribution in [-0.4, -0.2) is 17.3 Å². The zero-order valence-electron chi connectivity index (χ0n) is 11.2. The number of hydrogen-bond donors (Lipinski definition) is 1. The number of hydrogen-bond acceptors (Lipinski definition) is 4. The number of aromatic nitrogens is 2. The Morgan fingerprint density at radius 1 is 1.05 bits per heavy atom. The normalized spacial score (nSPS) is 10.4. The molecule has 0 aliphatic heterocycles. The molecule has 100 valence electrons. The van der Waals surface area contributed by atoms with Gasteiger partial charge >= 0.3 is 0 Å². The molecule has 1 N–H and O–H groups in total. The van der Waals surface area contributed by atoms with E-state index in [1.807, 2.05) is 48.5 Å².